The number of piperazine rings is 1. The van der Waals surface area contributed by atoms with Crippen molar-refractivity contribution < 1.29 is 22.7 Å². The number of fused-ring (bicyclic) bond motifs is 4. The standard InChI is InChI=1S/C29H32FN5O4S/c1-29(2,34-40(3,37)38)16-39-28-32-26-23(27(33-28)35-14-18-8-9-19(15-35)31-18)11-10-22(25(26)30)24-13-20(36)12-17-6-4-5-7-21(17)24/h4-7,10-13,18-19,31,34,36H,8-9,14-16H2,1-3H3/t18-,19+. The highest BCUT2D eigenvalue weighted by Gasteiger charge is 2.34. The quantitative estimate of drug-likeness (QED) is 0.309. The Morgan fingerprint density at radius 3 is 2.52 bits per heavy atom. The molecule has 2 atom stereocenters. The number of aromatic nitrogens is 2. The molecule has 0 unspecified atom stereocenters. The van der Waals surface area contributed by atoms with Crippen molar-refractivity contribution in [3.63, 3.8) is 0 Å². The normalized spacial score (nSPS) is 19.4. The first-order valence-corrected chi connectivity index (χ1v) is 15.2. The predicted octanol–water partition coefficient (Wildman–Crippen LogP) is 3.94. The summed E-state index contributed by atoms with van der Waals surface area (Å²) >= 11 is 0. The Labute approximate surface area is 232 Å². The molecular weight excluding hydrogens is 533 g/mol. The molecule has 0 spiro atoms. The van der Waals surface area contributed by atoms with Gasteiger partial charge < -0.3 is 20.1 Å². The van der Waals surface area contributed by atoms with Crippen molar-refractivity contribution in [1.82, 2.24) is 20.0 Å². The smallest absolute Gasteiger partial charge is 0.319 e. The van der Waals surface area contributed by atoms with Crippen LogP contribution < -0.4 is 19.7 Å². The lowest BCUT2D eigenvalue weighted by atomic mass is 9.96. The van der Waals surface area contributed by atoms with Gasteiger partial charge in [-0.25, -0.2) is 17.5 Å². The van der Waals surface area contributed by atoms with Crippen molar-refractivity contribution in [1.29, 1.82) is 0 Å². The van der Waals surface area contributed by atoms with E-state index in [0.29, 0.717) is 34.4 Å². The lowest BCUT2D eigenvalue weighted by Gasteiger charge is -2.34. The fraction of sp³-hybridized carbons (Fsp3) is 0.379. The third-order valence-electron chi connectivity index (χ3n) is 7.44. The molecule has 210 valence electrons. The van der Waals surface area contributed by atoms with Crippen LogP contribution in [0, 0.1) is 5.82 Å². The number of rotatable bonds is 7. The Balaban J connectivity index is 1.47. The highest BCUT2D eigenvalue weighted by atomic mass is 32.2. The zero-order valence-electron chi connectivity index (χ0n) is 22.6. The summed E-state index contributed by atoms with van der Waals surface area (Å²) in [6.07, 6.45) is 3.23. The summed E-state index contributed by atoms with van der Waals surface area (Å²) in [7, 11) is -3.48. The van der Waals surface area contributed by atoms with E-state index in [4.69, 9.17) is 9.72 Å². The number of nitrogens with one attached hydrogen (secondary N) is 2. The summed E-state index contributed by atoms with van der Waals surface area (Å²) in [5, 5.41) is 16.2. The van der Waals surface area contributed by atoms with E-state index in [1.807, 2.05) is 30.3 Å². The maximum atomic E-state index is 16.5. The largest absolute Gasteiger partial charge is 0.508 e. The lowest BCUT2D eigenvalue weighted by molar-refractivity contribution is 0.215. The molecule has 3 heterocycles. The van der Waals surface area contributed by atoms with Crippen LogP contribution in [0.15, 0.2) is 48.5 Å². The molecule has 40 heavy (non-hydrogen) atoms. The molecule has 9 nitrogen and oxygen atoms in total. The van der Waals surface area contributed by atoms with Gasteiger partial charge in [0.2, 0.25) is 10.0 Å². The molecule has 2 fully saturated rings. The van der Waals surface area contributed by atoms with Gasteiger partial charge in [0.15, 0.2) is 5.82 Å². The Morgan fingerprint density at radius 1 is 1.07 bits per heavy atom. The van der Waals surface area contributed by atoms with Crippen molar-refractivity contribution in [2.45, 2.75) is 44.3 Å². The van der Waals surface area contributed by atoms with E-state index in [9.17, 15) is 13.5 Å². The number of benzene rings is 3. The molecule has 0 radical (unpaired) electrons. The summed E-state index contributed by atoms with van der Waals surface area (Å²) in [5.74, 6) is 0.0735. The summed E-state index contributed by atoms with van der Waals surface area (Å²) in [4.78, 5) is 11.3. The van der Waals surface area contributed by atoms with Crippen LogP contribution in [0.2, 0.25) is 0 Å². The molecule has 6 rings (SSSR count). The van der Waals surface area contributed by atoms with E-state index >= 15 is 4.39 Å². The molecule has 2 aliphatic rings. The van der Waals surface area contributed by atoms with E-state index in [1.165, 1.54) is 0 Å². The van der Waals surface area contributed by atoms with Gasteiger partial charge in [-0.05, 0) is 61.2 Å². The summed E-state index contributed by atoms with van der Waals surface area (Å²) in [6.45, 7) is 4.77. The van der Waals surface area contributed by atoms with Gasteiger partial charge >= 0.3 is 6.01 Å². The highest BCUT2D eigenvalue weighted by molar-refractivity contribution is 7.88. The molecule has 11 heteroatoms. The Morgan fingerprint density at radius 2 is 1.80 bits per heavy atom. The molecule has 4 aromatic rings. The highest BCUT2D eigenvalue weighted by Crippen LogP contribution is 2.39. The van der Waals surface area contributed by atoms with Gasteiger partial charge in [-0.15, -0.1) is 0 Å². The predicted molar refractivity (Wildman–Crippen MR) is 154 cm³/mol. The van der Waals surface area contributed by atoms with Gasteiger partial charge in [0.1, 0.15) is 23.7 Å². The van der Waals surface area contributed by atoms with Gasteiger partial charge in [0, 0.05) is 36.1 Å². The Hall–Kier alpha value is -3.54. The molecule has 1 aromatic heterocycles. The van der Waals surface area contributed by atoms with Crippen LogP contribution in [0.1, 0.15) is 26.7 Å². The topological polar surface area (TPSA) is 117 Å². The second kappa shape index (κ2) is 9.83. The zero-order chi connectivity index (χ0) is 28.2. The second-order valence-corrected chi connectivity index (χ2v) is 13.2. The fourth-order valence-corrected chi connectivity index (χ4v) is 6.97. The molecule has 3 aromatic carbocycles. The van der Waals surface area contributed by atoms with Crippen LogP contribution >= 0.6 is 0 Å². The number of sulfonamides is 1. The van der Waals surface area contributed by atoms with Crippen molar-refractivity contribution in [3.8, 4) is 22.9 Å². The van der Waals surface area contributed by atoms with Crippen LogP contribution in [-0.4, -0.2) is 67.1 Å². The van der Waals surface area contributed by atoms with Gasteiger partial charge in [0.05, 0.1) is 11.8 Å². The van der Waals surface area contributed by atoms with E-state index in [2.05, 4.69) is 19.9 Å². The molecule has 0 saturated carbocycles. The number of anilines is 1. The number of nitrogens with zero attached hydrogens (tertiary/aromatic N) is 3. The van der Waals surface area contributed by atoms with Gasteiger partial charge in [0.25, 0.3) is 0 Å². The maximum Gasteiger partial charge on any atom is 0.319 e. The van der Waals surface area contributed by atoms with Crippen LogP contribution in [-0.2, 0) is 10.0 Å². The number of halogens is 1. The minimum atomic E-state index is -3.48. The summed E-state index contributed by atoms with van der Waals surface area (Å²) in [5.41, 5.74) is 0.0110. The van der Waals surface area contributed by atoms with Crippen LogP contribution in [0.3, 0.4) is 0 Å². The van der Waals surface area contributed by atoms with E-state index < -0.39 is 21.4 Å². The van der Waals surface area contributed by atoms with E-state index in [-0.39, 0.29) is 23.9 Å². The van der Waals surface area contributed by atoms with Gasteiger partial charge in [-0.2, -0.15) is 9.97 Å². The third-order valence-corrected chi connectivity index (χ3v) is 8.37. The van der Waals surface area contributed by atoms with Gasteiger partial charge in [-0.3, -0.25) is 0 Å². The average molecular weight is 566 g/mol. The maximum absolute atomic E-state index is 16.5. The first kappa shape index (κ1) is 26.7. The van der Waals surface area contributed by atoms with E-state index in [1.54, 1.807) is 32.0 Å². The minimum absolute atomic E-state index is 0.0337. The summed E-state index contributed by atoms with van der Waals surface area (Å²) < 4.78 is 48.5. The zero-order valence-corrected chi connectivity index (χ0v) is 23.4. The van der Waals surface area contributed by atoms with Crippen molar-refractivity contribution in [3.05, 3.63) is 54.3 Å². The van der Waals surface area contributed by atoms with Crippen molar-refractivity contribution in [2.75, 3.05) is 30.9 Å². The Bertz CT molecular complexity index is 1720. The van der Waals surface area contributed by atoms with Gasteiger partial charge in [-0.1, -0.05) is 30.3 Å². The number of hydrogen-bond acceptors (Lipinski definition) is 8. The first-order valence-electron chi connectivity index (χ1n) is 13.3. The monoisotopic (exact) mass is 565 g/mol. The molecule has 0 aliphatic carbocycles. The second-order valence-electron chi connectivity index (χ2n) is 11.5. The molecular formula is C29H32FN5O4S. The van der Waals surface area contributed by atoms with Crippen LogP contribution in [0.5, 0.6) is 11.8 Å². The molecule has 0 amide bonds. The van der Waals surface area contributed by atoms with Crippen LogP contribution in [0.25, 0.3) is 32.8 Å². The third kappa shape index (κ3) is 5.28. The number of aromatic hydroxyl groups is 1. The molecule has 2 aliphatic heterocycles. The van der Waals surface area contributed by atoms with Crippen molar-refractivity contribution >= 4 is 37.5 Å². The number of phenols is 1. The first-order chi connectivity index (χ1) is 19.0. The number of phenolic OH excluding ortho intramolecular Hbond substituents is 1. The SMILES string of the molecule is CC(C)(COc1nc(N2C[C@H]3CC[C@@H](C2)N3)c2ccc(-c3cc(O)cc4ccccc34)c(F)c2n1)NS(C)(=O)=O. The van der Waals surface area contributed by atoms with Crippen LogP contribution in [0.4, 0.5) is 10.2 Å². The molecule has 2 saturated heterocycles. The summed E-state index contributed by atoms with van der Waals surface area (Å²) in [6, 6.07) is 14.9. The van der Waals surface area contributed by atoms with Crippen molar-refractivity contribution in [2.24, 2.45) is 0 Å². The minimum Gasteiger partial charge on any atom is -0.508 e. The molecule has 2 bridgehead atoms. The Kier molecular flexibility index (Phi) is 6.55. The molecule has 3 N–H and O–H groups in total. The fourth-order valence-electron chi connectivity index (χ4n) is 5.90. The number of hydrogen-bond donors (Lipinski definition) is 3. The lowest BCUT2D eigenvalue weighted by Crippen LogP contribution is -2.51. The number of ether oxygens (including phenoxy) is 1. The average Bonchev–Trinajstić information content (AvgIpc) is 3.23. The van der Waals surface area contributed by atoms with E-state index in [0.717, 1.165) is 43.0 Å².